The molecule has 5 heteroatoms. The molecule has 0 amide bonds. The van der Waals surface area contributed by atoms with Gasteiger partial charge in [0.25, 0.3) is 0 Å². The summed E-state index contributed by atoms with van der Waals surface area (Å²) in [4.78, 5) is 4.63. The van der Waals surface area contributed by atoms with Crippen molar-refractivity contribution in [1.82, 2.24) is 13.9 Å². The lowest BCUT2D eigenvalue weighted by Crippen LogP contribution is -1.95. The van der Waals surface area contributed by atoms with Crippen LogP contribution in [0.2, 0.25) is 0 Å². The molecule has 17 heavy (non-hydrogen) atoms. The third-order valence-electron chi connectivity index (χ3n) is 2.90. The van der Waals surface area contributed by atoms with Crippen molar-refractivity contribution in [2.75, 3.05) is 5.73 Å². The van der Waals surface area contributed by atoms with Crippen molar-refractivity contribution in [2.45, 2.75) is 6.92 Å². The van der Waals surface area contributed by atoms with Gasteiger partial charge in [-0.25, -0.2) is 4.98 Å². The molecule has 0 radical (unpaired) electrons. The number of hydrogen-bond donors (Lipinski definition) is 1. The minimum atomic E-state index is 0.723. The van der Waals surface area contributed by atoms with Crippen molar-refractivity contribution in [3.8, 4) is 11.4 Å². The van der Waals surface area contributed by atoms with E-state index in [-0.39, 0.29) is 0 Å². The number of nitrogen functional groups attached to an aromatic ring is 1. The molecule has 0 bridgehead atoms. The molecular formula is C12H12N4S. The van der Waals surface area contributed by atoms with Gasteiger partial charge in [0.05, 0.1) is 22.3 Å². The van der Waals surface area contributed by atoms with Gasteiger partial charge in [-0.1, -0.05) is 12.1 Å². The molecular weight excluding hydrogens is 232 g/mol. The molecule has 0 saturated heterocycles. The van der Waals surface area contributed by atoms with Gasteiger partial charge in [0.2, 0.25) is 0 Å². The molecule has 1 aromatic carbocycles. The van der Waals surface area contributed by atoms with Gasteiger partial charge in [0, 0.05) is 7.05 Å². The number of anilines is 1. The zero-order chi connectivity index (χ0) is 12.0. The van der Waals surface area contributed by atoms with Gasteiger partial charge < -0.3 is 10.3 Å². The van der Waals surface area contributed by atoms with E-state index in [1.807, 2.05) is 32.2 Å². The first-order valence-electron chi connectivity index (χ1n) is 5.32. The van der Waals surface area contributed by atoms with Gasteiger partial charge in [0.15, 0.2) is 0 Å². The number of imidazole rings is 1. The third-order valence-corrected chi connectivity index (χ3v) is 3.67. The summed E-state index contributed by atoms with van der Waals surface area (Å²) in [5.74, 6) is 0.884. The summed E-state index contributed by atoms with van der Waals surface area (Å²) in [6.45, 7) is 1.96. The molecule has 86 valence electrons. The highest BCUT2D eigenvalue weighted by molar-refractivity contribution is 7.10. The lowest BCUT2D eigenvalue weighted by Gasteiger charge is -2.01. The summed E-state index contributed by atoms with van der Waals surface area (Å²) in [7, 11) is 2.00. The molecule has 3 aromatic rings. The van der Waals surface area contributed by atoms with E-state index in [0.29, 0.717) is 0 Å². The first kappa shape index (κ1) is 10.3. The topological polar surface area (TPSA) is 56.7 Å². The monoisotopic (exact) mass is 244 g/mol. The molecule has 2 aromatic heterocycles. The lowest BCUT2D eigenvalue weighted by atomic mass is 10.2. The third kappa shape index (κ3) is 1.43. The quantitative estimate of drug-likeness (QED) is 0.715. The van der Waals surface area contributed by atoms with Crippen molar-refractivity contribution < 1.29 is 0 Å². The van der Waals surface area contributed by atoms with E-state index < -0.39 is 0 Å². The van der Waals surface area contributed by atoms with Gasteiger partial charge in [-0.2, -0.15) is 4.37 Å². The number of nitrogens with zero attached hydrogens (tertiary/aromatic N) is 3. The van der Waals surface area contributed by atoms with Gasteiger partial charge in [-0.15, -0.1) is 0 Å². The van der Waals surface area contributed by atoms with E-state index in [1.54, 1.807) is 0 Å². The van der Waals surface area contributed by atoms with Crippen LogP contribution in [0.15, 0.2) is 24.3 Å². The first-order chi connectivity index (χ1) is 8.18. The summed E-state index contributed by atoms with van der Waals surface area (Å²) in [6, 6.07) is 8.05. The molecule has 0 aliphatic heterocycles. The van der Waals surface area contributed by atoms with Crippen molar-refractivity contribution in [3.05, 3.63) is 30.0 Å². The average molecular weight is 244 g/mol. The van der Waals surface area contributed by atoms with Gasteiger partial charge in [-0.3, -0.25) is 0 Å². The number of aryl methyl sites for hydroxylation is 2. The van der Waals surface area contributed by atoms with E-state index in [1.165, 1.54) is 11.5 Å². The Hall–Kier alpha value is -1.88. The van der Waals surface area contributed by atoms with Gasteiger partial charge in [0.1, 0.15) is 10.8 Å². The lowest BCUT2D eigenvalue weighted by molar-refractivity contribution is 0.958. The van der Waals surface area contributed by atoms with Crippen LogP contribution in [-0.2, 0) is 7.05 Å². The Morgan fingerprint density at radius 1 is 1.29 bits per heavy atom. The Balaban J connectivity index is 2.35. The summed E-state index contributed by atoms with van der Waals surface area (Å²) >= 11 is 1.32. The number of fused-ring (bicyclic) bond motifs is 1. The standard InChI is InChI=1S/C12H12N4S/c1-7-10(11(13)17-15-7)12-14-8-5-3-4-6-9(8)16(12)2/h3-6H,13H2,1-2H3. The summed E-state index contributed by atoms with van der Waals surface area (Å²) in [5.41, 5.74) is 9.94. The summed E-state index contributed by atoms with van der Waals surface area (Å²) < 4.78 is 6.33. The van der Waals surface area contributed by atoms with Crippen LogP contribution in [0.5, 0.6) is 0 Å². The largest absolute Gasteiger partial charge is 0.389 e. The summed E-state index contributed by atoms with van der Waals surface area (Å²) in [5, 5.41) is 0.723. The van der Waals surface area contributed by atoms with Crippen molar-refractivity contribution in [1.29, 1.82) is 0 Å². The fourth-order valence-electron chi connectivity index (χ4n) is 2.03. The van der Waals surface area contributed by atoms with E-state index in [9.17, 15) is 0 Å². The highest BCUT2D eigenvalue weighted by Gasteiger charge is 2.16. The Labute approximate surface area is 103 Å². The molecule has 0 unspecified atom stereocenters. The van der Waals surface area contributed by atoms with E-state index in [0.717, 1.165) is 33.1 Å². The number of nitrogens with two attached hydrogens (primary N) is 1. The minimum absolute atomic E-state index is 0.723. The predicted molar refractivity (Wildman–Crippen MR) is 71.0 cm³/mol. The number of hydrogen-bond acceptors (Lipinski definition) is 4. The van der Waals surface area contributed by atoms with Crippen LogP contribution < -0.4 is 5.73 Å². The van der Waals surface area contributed by atoms with Gasteiger partial charge in [-0.05, 0) is 30.6 Å². The molecule has 0 spiro atoms. The molecule has 2 heterocycles. The number of aromatic nitrogens is 3. The van der Waals surface area contributed by atoms with Crippen molar-refractivity contribution in [3.63, 3.8) is 0 Å². The molecule has 0 saturated carbocycles. The van der Waals surface area contributed by atoms with Crippen molar-refractivity contribution >= 4 is 27.6 Å². The fourth-order valence-corrected chi connectivity index (χ4v) is 2.69. The van der Waals surface area contributed by atoms with E-state index >= 15 is 0 Å². The molecule has 4 nitrogen and oxygen atoms in total. The maximum absolute atomic E-state index is 5.97. The zero-order valence-corrected chi connectivity index (χ0v) is 10.5. The number of para-hydroxylation sites is 2. The molecule has 2 N–H and O–H groups in total. The second-order valence-corrected chi connectivity index (χ2v) is 4.80. The Morgan fingerprint density at radius 3 is 2.71 bits per heavy atom. The predicted octanol–water partition coefficient (Wildman–Crippen LogP) is 2.59. The Bertz CT molecular complexity index is 676. The highest BCUT2D eigenvalue weighted by atomic mass is 32.1. The van der Waals surface area contributed by atoms with Crippen LogP contribution in [0.1, 0.15) is 5.69 Å². The fraction of sp³-hybridized carbons (Fsp3) is 0.167. The second kappa shape index (κ2) is 3.56. The van der Waals surface area contributed by atoms with Gasteiger partial charge >= 0.3 is 0 Å². The van der Waals surface area contributed by atoms with Crippen LogP contribution >= 0.6 is 11.5 Å². The van der Waals surface area contributed by atoms with E-state index in [4.69, 9.17) is 5.73 Å². The van der Waals surface area contributed by atoms with Crippen LogP contribution in [0.25, 0.3) is 22.4 Å². The Morgan fingerprint density at radius 2 is 2.06 bits per heavy atom. The van der Waals surface area contributed by atoms with E-state index in [2.05, 4.69) is 20.0 Å². The normalized spacial score (nSPS) is 11.2. The smallest absolute Gasteiger partial charge is 0.145 e. The van der Waals surface area contributed by atoms with Crippen LogP contribution in [0, 0.1) is 6.92 Å². The molecule has 0 aliphatic carbocycles. The van der Waals surface area contributed by atoms with Crippen LogP contribution in [0.3, 0.4) is 0 Å². The number of rotatable bonds is 1. The Kier molecular flexibility index (Phi) is 2.16. The number of benzene rings is 1. The zero-order valence-electron chi connectivity index (χ0n) is 9.64. The minimum Gasteiger partial charge on any atom is -0.389 e. The first-order valence-corrected chi connectivity index (χ1v) is 6.09. The highest BCUT2D eigenvalue weighted by Crippen LogP contribution is 2.32. The molecule has 3 rings (SSSR count). The molecule has 0 fully saturated rings. The molecule has 0 aliphatic rings. The van der Waals surface area contributed by atoms with Crippen LogP contribution in [-0.4, -0.2) is 13.9 Å². The maximum atomic E-state index is 5.97. The summed E-state index contributed by atoms with van der Waals surface area (Å²) in [6.07, 6.45) is 0. The molecule has 0 atom stereocenters. The maximum Gasteiger partial charge on any atom is 0.145 e. The van der Waals surface area contributed by atoms with Crippen LogP contribution in [0.4, 0.5) is 5.00 Å². The SMILES string of the molecule is Cc1nsc(N)c1-c1nc2ccccc2n1C. The van der Waals surface area contributed by atoms with Crippen molar-refractivity contribution in [2.24, 2.45) is 7.05 Å². The second-order valence-electron chi connectivity index (χ2n) is 3.99. The average Bonchev–Trinajstić information content (AvgIpc) is 2.82.